The molecule has 0 saturated heterocycles. The van der Waals surface area contributed by atoms with Crippen molar-refractivity contribution in [2.45, 2.75) is 13.8 Å². The number of hydrogen-bond acceptors (Lipinski definition) is 0. The fourth-order valence-electron chi connectivity index (χ4n) is 0. The Morgan fingerprint density at radius 1 is 1.00 bits per heavy atom. The van der Waals surface area contributed by atoms with Crippen molar-refractivity contribution in [2.24, 2.45) is 0 Å². The van der Waals surface area contributed by atoms with Gasteiger partial charge in [0.2, 0.25) is 0 Å². The summed E-state index contributed by atoms with van der Waals surface area (Å²) in [5.74, 6) is 0. The van der Waals surface area contributed by atoms with Crippen molar-refractivity contribution in [3.05, 3.63) is 13.2 Å². The maximum atomic E-state index is 3.00. The zero-order valence-electron chi connectivity index (χ0n) is 3.82. The van der Waals surface area contributed by atoms with Crippen LogP contribution in [0.4, 0.5) is 0 Å². The third kappa shape index (κ3) is 18500. The molecule has 5 heavy (non-hydrogen) atoms. The first kappa shape index (κ1) is 19.8. The lowest BCUT2D eigenvalue weighted by Crippen LogP contribution is -0.856. The van der Waals surface area contributed by atoms with Gasteiger partial charge in [0.15, 0.2) is 0 Å². The second-order valence-corrected chi connectivity index (χ2v) is 0. The Hall–Kier alpha value is 0.0300. The van der Waals surface area contributed by atoms with E-state index < -0.39 is 0 Å². The Kier molecular flexibility index (Phi) is 163000. The van der Waals surface area contributed by atoms with Crippen molar-refractivity contribution in [3.63, 3.8) is 0 Å². The van der Waals surface area contributed by atoms with Gasteiger partial charge in [-0.2, -0.15) is 0 Å². The van der Waals surface area contributed by atoms with E-state index in [9.17, 15) is 0 Å². The van der Waals surface area contributed by atoms with Crippen LogP contribution in [-0.4, -0.2) is 0 Å². The lowest BCUT2D eigenvalue weighted by atomic mass is 11.0. The van der Waals surface area contributed by atoms with E-state index in [0.29, 0.717) is 0 Å². The third-order valence-electron chi connectivity index (χ3n) is 0. The maximum absolute atomic E-state index is 3.00. The van der Waals surface area contributed by atoms with Crippen LogP contribution in [0.3, 0.4) is 0 Å². The number of rotatable bonds is 0. The molecule has 0 heterocycles. The monoisotopic (exact) mass is 94.1 g/mol. The summed E-state index contributed by atoms with van der Waals surface area (Å²) in [5.41, 5.74) is 0. The van der Waals surface area contributed by atoms with Gasteiger partial charge in [-0.3, -0.25) is 0 Å². The molecule has 0 radical (unpaired) electrons. The Balaban J connectivity index is -0.0000000133. The van der Waals surface area contributed by atoms with E-state index in [1.165, 1.54) is 0 Å². The molecule has 0 aliphatic carbocycles. The highest BCUT2D eigenvalue weighted by molar-refractivity contribution is 5.85. The predicted octanol–water partition coefficient (Wildman–Crippen LogP) is 2.25. The van der Waals surface area contributed by atoms with Crippen LogP contribution in [0.5, 0.6) is 0 Å². The normalized spacial score (nSPS) is 2.00. The van der Waals surface area contributed by atoms with Gasteiger partial charge in [-0.15, -0.1) is 25.6 Å². The molecule has 0 aliphatic heterocycles. The van der Waals surface area contributed by atoms with Crippen LogP contribution in [0.1, 0.15) is 13.8 Å². The minimum absolute atomic E-state index is 0. The average molecular weight is 94.6 g/mol. The molecule has 0 unspecified atom stereocenters. The van der Waals surface area contributed by atoms with E-state index in [2.05, 4.69) is 13.2 Å². The highest BCUT2D eigenvalue weighted by Gasteiger charge is 0.932. The Bertz CT molecular complexity index is 3.61. The van der Waals surface area contributed by atoms with Crippen molar-refractivity contribution in [2.75, 3.05) is 0 Å². The number of halogens is 1. The summed E-state index contributed by atoms with van der Waals surface area (Å²) < 4.78 is 0. The summed E-state index contributed by atoms with van der Waals surface area (Å²) in [5, 5.41) is 0. The van der Waals surface area contributed by atoms with Crippen molar-refractivity contribution in [3.8, 4) is 0 Å². The maximum Gasteiger partial charge on any atom is -0.0683 e. The van der Waals surface area contributed by atoms with Crippen LogP contribution in [0.2, 0.25) is 0 Å². The molecule has 0 spiro atoms. The fraction of sp³-hybridized carbons (Fsp3) is 0.500. The smallest absolute Gasteiger partial charge is 0.0683 e. The summed E-state index contributed by atoms with van der Waals surface area (Å²) in [6, 6.07) is 0. The predicted molar refractivity (Wildman–Crippen MR) is 29.8 cm³/mol. The molecule has 34 valence electrons. The largest absolute Gasteiger partial charge is 0.147 e. The SMILES string of the molecule is C=C.CC.Cl. The molecule has 0 aromatic heterocycles. The van der Waals surface area contributed by atoms with E-state index in [1.54, 1.807) is 0 Å². The molecular weight excluding hydrogens is 83.5 g/mol. The van der Waals surface area contributed by atoms with Crippen LogP contribution in [0, 0.1) is 0 Å². The summed E-state index contributed by atoms with van der Waals surface area (Å²) in [4.78, 5) is 0. The van der Waals surface area contributed by atoms with E-state index in [0.717, 1.165) is 0 Å². The molecule has 0 N–H and O–H groups in total. The zero-order chi connectivity index (χ0) is 4.00. The lowest BCUT2D eigenvalue weighted by molar-refractivity contribution is 1.50. The minimum atomic E-state index is 0. The summed E-state index contributed by atoms with van der Waals surface area (Å²) in [6.07, 6.45) is 0. The molecule has 0 aromatic rings. The fourth-order valence-corrected chi connectivity index (χ4v) is 0. The molecule has 0 saturated carbocycles. The molecule has 0 rings (SSSR count). The Morgan fingerprint density at radius 3 is 1.00 bits per heavy atom. The van der Waals surface area contributed by atoms with Gasteiger partial charge in [0.05, 0.1) is 0 Å². The van der Waals surface area contributed by atoms with Crippen LogP contribution in [-0.2, 0) is 0 Å². The van der Waals surface area contributed by atoms with Crippen molar-refractivity contribution < 1.29 is 0 Å². The lowest BCUT2D eigenvalue weighted by Gasteiger charge is -1.07. The standard InChI is InChI=1S/C2H6.C2H4.ClH/c2*1-2;/h1-2H3;1-2H2;1H. The van der Waals surface area contributed by atoms with Gasteiger partial charge < -0.3 is 0 Å². The van der Waals surface area contributed by atoms with Crippen molar-refractivity contribution in [1.29, 1.82) is 0 Å². The molecular formula is C4H11Cl. The highest BCUT2D eigenvalue weighted by atomic mass is 35.5. The van der Waals surface area contributed by atoms with Crippen LogP contribution < -0.4 is 0 Å². The quantitative estimate of drug-likeness (QED) is 0.404. The molecule has 0 nitrogen and oxygen atoms in total. The molecule has 0 aliphatic rings. The van der Waals surface area contributed by atoms with Crippen LogP contribution >= 0.6 is 12.4 Å². The molecule has 0 aromatic carbocycles. The minimum Gasteiger partial charge on any atom is -0.147 e. The van der Waals surface area contributed by atoms with Crippen LogP contribution in [0.15, 0.2) is 13.2 Å². The van der Waals surface area contributed by atoms with E-state index in [4.69, 9.17) is 0 Å². The van der Waals surface area contributed by atoms with Gasteiger partial charge in [-0.1, -0.05) is 13.8 Å². The van der Waals surface area contributed by atoms with E-state index in [1.807, 2.05) is 13.8 Å². The van der Waals surface area contributed by atoms with Gasteiger partial charge in [0.1, 0.15) is 0 Å². The number of hydrogen-bond donors (Lipinski definition) is 0. The summed E-state index contributed by atoms with van der Waals surface area (Å²) in [7, 11) is 0. The van der Waals surface area contributed by atoms with Crippen molar-refractivity contribution >= 4 is 12.4 Å². The molecule has 0 atom stereocenters. The molecule has 0 amide bonds. The third-order valence-corrected chi connectivity index (χ3v) is 0. The van der Waals surface area contributed by atoms with Gasteiger partial charge in [0, 0.05) is 0 Å². The van der Waals surface area contributed by atoms with Gasteiger partial charge in [-0.05, 0) is 0 Å². The molecule has 1 heteroatoms. The molecule has 0 fully saturated rings. The Morgan fingerprint density at radius 2 is 1.00 bits per heavy atom. The highest BCUT2D eigenvalue weighted by Crippen LogP contribution is 1.14. The van der Waals surface area contributed by atoms with E-state index in [-0.39, 0.29) is 12.4 Å². The second kappa shape index (κ2) is 41100. The van der Waals surface area contributed by atoms with Crippen molar-refractivity contribution in [1.82, 2.24) is 0 Å². The summed E-state index contributed by atoms with van der Waals surface area (Å²) in [6.45, 7) is 10.0. The first-order chi connectivity index (χ1) is 2.00. The van der Waals surface area contributed by atoms with Gasteiger partial charge in [-0.25, -0.2) is 0 Å². The van der Waals surface area contributed by atoms with Crippen LogP contribution in [0.25, 0.3) is 0 Å². The van der Waals surface area contributed by atoms with E-state index >= 15 is 0 Å². The second-order valence-electron chi connectivity index (χ2n) is 0. The van der Waals surface area contributed by atoms with Gasteiger partial charge >= 0.3 is 0 Å². The van der Waals surface area contributed by atoms with Gasteiger partial charge in [0.25, 0.3) is 0 Å². The molecule has 0 bridgehead atoms. The first-order valence-electron chi connectivity index (χ1n) is 1.50. The summed E-state index contributed by atoms with van der Waals surface area (Å²) >= 11 is 0. The Labute approximate surface area is 40.3 Å². The average Bonchev–Trinajstić information content (AvgIpc) is 1.50. The first-order valence-corrected chi connectivity index (χ1v) is 1.50. The zero-order valence-corrected chi connectivity index (χ0v) is 4.64. The topological polar surface area (TPSA) is 0 Å².